The van der Waals surface area contributed by atoms with Crippen LogP contribution in [-0.4, -0.2) is 65.5 Å². The first-order valence-corrected chi connectivity index (χ1v) is 15.7. The highest BCUT2D eigenvalue weighted by molar-refractivity contribution is 5.86. The summed E-state index contributed by atoms with van der Waals surface area (Å²) in [5.74, 6) is 7.42. The van der Waals surface area contributed by atoms with Crippen LogP contribution in [-0.2, 0) is 21.5 Å². The zero-order chi connectivity index (χ0) is 33.1. The maximum Gasteiger partial charge on any atom is 0.407 e. The number of hydrogen-bond donors (Lipinski definition) is 4. The first-order valence-electron chi connectivity index (χ1n) is 15.7. The molecule has 1 aliphatic heterocycles. The fraction of sp³-hybridized carbons (Fsp3) is 0.389. The number of aromatic nitrogens is 2. The van der Waals surface area contributed by atoms with Crippen molar-refractivity contribution in [2.75, 3.05) is 26.7 Å². The molecule has 1 unspecified atom stereocenters. The van der Waals surface area contributed by atoms with Gasteiger partial charge in [0.05, 0.1) is 31.6 Å². The molecule has 46 heavy (non-hydrogen) atoms. The average molecular weight is 624 g/mol. The Morgan fingerprint density at radius 1 is 1.20 bits per heavy atom. The summed E-state index contributed by atoms with van der Waals surface area (Å²) in [6.45, 7) is 10.2. The predicted molar refractivity (Wildman–Crippen MR) is 183 cm³/mol. The zero-order valence-electron chi connectivity index (χ0n) is 27.4. The van der Waals surface area contributed by atoms with Crippen molar-refractivity contribution in [2.24, 2.45) is 10.7 Å². The Labute approximate surface area is 271 Å². The molecule has 2 aromatic carbocycles. The van der Waals surface area contributed by atoms with Crippen LogP contribution in [0.5, 0.6) is 0 Å². The van der Waals surface area contributed by atoms with Gasteiger partial charge in [-0.3, -0.25) is 4.79 Å². The first-order chi connectivity index (χ1) is 22.1. The average Bonchev–Trinajstić information content (AvgIpc) is 3.76. The minimum atomic E-state index is -0.645. The van der Waals surface area contributed by atoms with Crippen LogP contribution in [0.4, 0.5) is 4.79 Å². The number of ether oxygens (including phenoxy) is 1. The number of aromatic amines is 1. The van der Waals surface area contributed by atoms with Crippen molar-refractivity contribution in [2.45, 2.75) is 65.0 Å². The Kier molecular flexibility index (Phi) is 11.8. The largest absolute Gasteiger partial charge is 0.453 e. The number of imidazole rings is 1. The molecule has 1 atom stereocenters. The lowest BCUT2D eigenvalue weighted by Crippen LogP contribution is -2.40. The molecule has 5 N–H and O–H groups in total. The number of nitrogens with one attached hydrogen (secondary N) is 3. The van der Waals surface area contributed by atoms with Crippen molar-refractivity contribution in [3.63, 3.8) is 0 Å². The summed E-state index contributed by atoms with van der Waals surface area (Å²) >= 11 is 0. The lowest BCUT2D eigenvalue weighted by molar-refractivity contribution is -0.130. The monoisotopic (exact) mass is 623 g/mol. The van der Waals surface area contributed by atoms with Crippen molar-refractivity contribution < 1.29 is 14.3 Å². The van der Waals surface area contributed by atoms with E-state index in [1.165, 1.54) is 12.7 Å². The van der Waals surface area contributed by atoms with Gasteiger partial charge in [-0.2, -0.15) is 0 Å². The van der Waals surface area contributed by atoms with E-state index in [2.05, 4.69) is 93.3 Å². The number of H-pyrrole nitrogens is 1. The van der Waals surface area contributed by atoms with Gasteiger partial charge in [-0.1, -0.05) is 69.9 Å². The molecule has 0 radical (unpaired) electrons. The molecule has 3 aromatic rings. The highest BCUT2D eigenvalue weighted by atomic mass is 16.5. The van der Waals surface area contributed by atoms with Gasteiger partial charge in [0.1, 0.15) is 18.2 Å². The maximum atomic E-state index is 12.8. The molecule has 2 heterocycles. The highest BCUT2D eigenvalue weighted by Gasteiger charge is 2.18. The Morgan fingerprint density at radius 2 is 1.96 bits per heavy atom. The van der Waals surface area contributed by atoms with E-state index in [1.807, 2.05) is 19.1 Å². The van der Waals surface area contributed by atoms with E-state index in [9.17, 15) is 9.59 Å². The molecule has 1 aliphatic rings. The second-order valence-electron chi connectivity index (χ2n) is 12.3. The summed E-state index contributed by atoms with van der Waals surface area (Å²) in [5.41, 5.74) is 12.1. The van der Waals surface area contributed by atoms with E-state index in [-0.39, 0.29) is 30.5 Å². The van der Waals surface area contributed by atoms with Crippen LogP contribution in [0.25, 0.3) is 22.4 Å². The van der Waals surface area contributed by atoms with Gasteiger partial charge >= 0.3 is 6.09 Å². The van der Waals surface area contributed by atoms with Crippen molar-refractivity contribution >= 4 is 17.8 Å². The molecule has 0 saturated carbocycles. The van der Waals surface area contributed by atoms with Crippen LogP contribution in [0.1, 0.15) is 63.9 Å². The number of nitrogens with two attached hydrogens (primary N) is 1. The van der Waals surface area contributed by atoms with E-state index in [0.717, 1.165) is 53.8 Å². The molecule has 4 rings (SSSR count). The van der Waals surface area contributed by atoms with Crippen LogP contribution in [0, 0.1) is 11.8 Å². The SMILES string of the molecule is CCCN(Cc1ncc(-c2ccc(C#C/C=C/N=C(N)C3CCCN3)c(-c3ccc(C(C)(C)C)cc3)c2)[nH]1)C(=O)CNC(=O)OC. The molecule has 1 fully saturated rings. The van der Waals surface area contributed by atoms with Gasteiger partial charge in [0.2, 0.25) is 5.91 Å². The van der Waals surface area contributed by atoms with Crippen molar-refractivity contribution in [3.8, 4) is 34.2 Å². The Balaban J connectivity index is 1.59. The summed E-state index contributed by atoms with van der Waals surface area (Å²) in [4.78, 5) is 38.2. The number of aliphatic imine (C=N–C) groups is 1. The number of methoxy groups -OCH3 is 1. The van der Waals surface area contributed by atoms with Crippen LogP contribution in [0.3, 0.4) is 0 Å². The summed E-state index contributed by atoms with van der Waals surface area (Å²) in [6, 6.07) is 14.9. The highest BCUT2D eigenvalue weighted by Crippen LogP contribution is 2.31. The number of rotatable bonds is 10. The van der Waals surface area contributed by atoms with Crippen molar-refractivity contribution in [3.05, 3.63) is 77.9 Å². The van der Waals surface area contributed by atoms with E-state index in [1.54, 1.807) is 23.4 Å². The van der Waals surface area contributed by atoms with Crippen molar-refractivity contribution in [1.29, 1.82) is 0 Å². The molecule has 0 bridgehead atoms. The van der Waals surface area contributed by atoms with Gasteiger partial charge in [0.25, 0.3) is 0 Å². The fourth-order valence-electron chi connectivity index (χ4n) is 5.18. The van der Waals surface area contributed by atoms with E-state index >= 15 is 0 Å². The standard InChI is InChI=1S/C36H45N7O3/c1-6-20-43(33(44)23-41-35(45)46-5)24-32-40-22-31(42-32)27-13-12-25(10-7-8-18-39-34(37)30-11-9-19-38-30)29(21-27)26-14-16-28(17-15-26)36(2,3)4/h8,12-18,21-22,30,38H,6,9,11,19-20,23-24H2,1-5H3,(H2,37,39)(H,40,42)(H,41,45)/b18-8+. The van der Waals surface area contributed by atoms with Crippen LogP contribution in [0.2, 0.25) is 0 Å². The normalized spacial score (nSPS) is 15.0. The number of hydrogen-bond acceptors (Lipinski definition) is 6. The minimum Gasteiger partial charge on any atom is -0.453 e. The maximum absolute atomic E-state index is 12.8. The molecule has 10 nitrogen and oxygen atoms in total. The minimum absolute atomic E-state index is 0.0406. The van der Waals surface area contributed by atoms with Crippen LogP contribution < -0.4 is 16.4 Å². The number of nitrogens with zero attached hydrogens (tertiary/aromatic N) is 3. The third-order valence-electron chi connectivity index (χ3n) is 7.78. The lowest BCUT2D eigenvalue weighted by Gasteiger charge is -2.21. The lowest BCUT2D eigenvalue weighted by atomic mass is 9.86. The van der Waals surface area contributed by atoms with Gasteiger partial charge in [0.15, 0.2) is 0 Å². The Hall–Kier alpha value is -4.88. The smallest absolute Gasteiger partial charge is 0.407 e. The van der Waals surface area contributed by atoms with Crippen LogP contribution >= 0.6 is 0 Å². The van der Waals surface area contributed by atoms with Gasteiger partial charge in [-0.05, 0) is 60.0 Å². The van der Waals surface area contributed by atoms with Gasteiger partial charge < -0.3 is 31.0 Å². The van der Waals surface area contributed by atoms with E-state index in [0.29, 0.717) is 18.2 Å². The number of benzene rings is 2. The molecule has 1 saturated heterocycles. The third-order valence-corrected chi connectivity index (χ3v) is 7.78. The zero-order valence-corrected chi connectivity index (χ0v) is 27.4. The quantitative estimate of drug-likeness (QED) is 0.141. The van der Waals surface area contributed by atoms with E-state index in [4.69, 9.17) is 5.73 Å². The molecule has 0 spiro atoms. The number of amidine groups is 1. The Morgan fingerprint density at radius 3 is 2.63 bits per heavy atom. The predicted octanol–water partition coefficient (Wildman–Crippen LogP) is 5.11. The number of carbonyl (C=O) groups excluding carboxylic acids is 2. The fourth-order valence-corrected chi connectivity index (χ4v) is 5.18. The second-order valence-corrected chi connectivity index (χ2v) is 12.3. The van der Waals surface area contributed by atoms with Crippen LogP contribution in [0.15, 0.2) is 65.9 Å². The van der Waals surface area contributed by atoms with Crippen molar-refractivity contribution in [1.82, 2.24) is 25.5 Å². The number of carbonyl (C=O) groups is 2. The third kappa shape index (κ3) is 9.31. The number of allylic oxidation sites excluding steroid dienone is 1. The summed E-state index contributed by atoms with van der Waals surface area (Å²) in [6.07, 6.45) is 7.37. The summed E-state index contributed by atoms with van der Waals surface area (Å²) < 4.78 is 4.58. The van der Waals surface area contributed by atoms with Gasteiger partial charge in [-0.15, -0.1) is 0 Å². The van der Waals surface area contributed by atoms with Gasteiger partial charge in [0, 0.05) is 29.9 Å². The number of amides is 2. The molecular formula is C36H45N7O3. The van der Waals surface area contributed by atoms with Gasteiger partial charge in [-0.25, -0.2) is 14.8 Å². The molecule has 0 aliphatic carbocycles. The molecular weight excluding hydrogens is 578 g/mol. The Bertz CT molecular complexity index is 1620. The second kappa shape index (κ2) is 15.9. The molecule has 2 amide bonds. The molecule has 242 valence electrons. The first kappa shape index (κ1) is 34.0. The topological polar surface area (TPSA) is 138 Å². The summed E-state index contributed by atoms with van der Waals surface area (Å²) in [7, 11) is 1.26. The van der Waals surface area contributed by atoms with E-state index < -0.39 is 6.09 Å². The molecule has 10 heteroatoms. The number of alkyl carbamates (subject to hydrolysis) is 1. The summed E-state index contributed by atoms with van der Waals surface area (Å²) in [5, 5.41) is 5.80. The molecule has 1 aromatic heterocycles.